The van der Waals surface area contributed by atoms with Crippen LogP contribution in [0.1, 0.15) is 43.0 Å². The van der Waals surface area contributed by atoms with Crippen molar-refractivity contribution in [1.82, 2.24) is 10.2 Å². The van der Waals surface area contributed by atoms with Crippen molar-refractivity contribution in [2.24, 2.45) is 0 Å². The largest absolute Gasteiger partial charge is 0.495 e. The molecule has 0 aromatic heterocycles. The predicted octanol–water partition coefficient (Wildman–Crippen LogP) is 7.37. The number of benzene rings is 4. The molecular weight excluding hydrogens is 669 g/mol. The monoisotopic (exact) mass is 709 g/mol. The van der Waals surface area contributed by atoms with Crippen LogP contribution in [0, 0.1) is 13.8 Å². The number of carbonyl (C=O) groups is 2. The van der Waals surface area contributed by atoms with Gasteiger partial charge >= 0.3 is 0 Å². The molecule has 0 saturated heterocycles. The minimum Gasteiger partial charge on any atom is -0.495 e. The summed E-state index contributed by atoms with van der Waals surface area (Å²) < 4.78 is 35.4. The van der Waals surface area contributed by atoms with E-state index in [0.29, 0.717) is 10.6 Å². The van der Waals surface area contributed by atoms with Crippen molar-refractivity contribution in [3.05, 3.63) is 123 Å². The molecule has 0 radical (unpaired) electrons. The molecule has 0 heterocycles. The van der Waals surface area contributed by atoms with Gasteiger partial charge in [-0.05, 0) is 87.7 Å². The quantitative estimate of drug-likeness (QED) is 0.166. The summed E-state index contributed by atoms with van der Waals surface area (Å²) in [7, 11) is -2.86. The van der Waals surface area contributed by atoms with Crippen LogP contribution in [0.25, 0.3) is 0 Å². The number of anilines is 1. The second kappa shape index (κ2) is 15.4. The van der Waals surface area contributed by atoms with Crippen LogP contribution >= 0.6 is 23.2 Å². The molecule has 48 heavy (non-hydrogen) atoms. The summed E-state index contributed by atoms with van der Waals surface area (Å²) >= 11 is 12.6. The second-order valence-electron chi connectivity index (χ2n) is 12.7. The maximum atomic E-state index is 14.7. The standard InChI is InChI=1S/C37H41Cl2N3O5S/c1-25-12-16-29(17-13-25)48(45,46)42(32-20-26(2)14-19-34(32)47-6)24-35(43)41(23-28-15-18-30(38)31(39)21-28)33(36(44)40-37(3,4)5)22-27-10-8-7-9-11-27/h7-21,33H,22-24H2,1-6H3,(H,40,44)/t33-/m0/s1. The zero-order valence-corrected chi connectivity index (χ0v) is 30.3. The van der Waals surface area contributed by atoms with Gasteiger partial charge < -0.3 is 15.0 Å². The summed E-state index contributed by atoms with van der Waals surface area (Å²) in [5, 5.41) is 3.65. The zero-order chi connectivity index (χ0) is 35.2. The van der Waals surface area contributed by atoms with Crippen molar-refractivity contribution in [1.29, 1.82) is 0 Å². The van der Waals surface area contributed by atoms with E-state index in [0.717, 1.165) is 21.0 Å². The van der Waals surface area contributed by atoms with Crippen LogP contribution in [0.3, 0.4) is 0 Å². The summed E-state index contributed by atoms with van der Waals surface area (Å²) in [4.78, 5) is 30.2. The Balaban J connectivity index is 1.88. The van der Waals surface area contributed by atoms with Gasteiger partial charge in [0, 0.05) is 18.5 Å². The molecule has 2 amide bonds. The second-order valence-corrected chi connectivity index (χ2v) is 15.4. The van der Waals surface area contributed by atoms with Crippen LogP contribution in [-0.2, 0) is 32.6 Å². The van der Waals surface area contributed by atoms with E-state index < -0.39 is 34.1 Å². The third kappa shape index (κ3) is 9.30. The Hall–Kier alpha value is -4.05. The number of rotatable bonds is 12. The molecule has 4 rings (SSSR count). The highest BCUT2D eigenvalue weighted by atomic mass is 35.5. The SMILES string of the molecule is COc1ccc(C)cc1N(CC(=O)N(Cc1ccc(Cl)c(Cl)c1)[C@@H](Cc1ccccc1)C(=O)NC(C)(C)C)S(=O)(=O)c1ccc(C)cc1. The lowest BCUT2D eigenvalue weighted by Gasteiger charge is -2.35. The molecule has 1 N–H and O–H groups in total. The smallest absolute Gasteiger partial charge is 0.264 e. The van der Waals surface area contributed by atoms with Crippen LogP contribution in [0.4, 0.5) is 5.69 Å². The van der Waals surface area contributed by atoms with Gasteiger partial charge in [-0.25, -0.2) is 8.42 Å². The molecule has 0 unspecified atom stereocenters. The van der Waals surface area contributed by atoms with Crippen molar-refractivity contribution in [2.45, 2.75) is 64.1 Å². The molecular formula is C37H41Cl2N3O5S. The highest BCUT2D eigenvalue weighted by molar-refractivity contribution is 7.92. The topological polar surface area (TPSA) is 96.0 Å². The number of halogens is 2. The number of nitrogens with zero attached hydrogens (tertiary/aromatic N) is 2. The summed E-state index contributed by atoms with van der Waals surface area (Å²) in [6, 6.07) is 24.8. The number of aryl methyl sites for hydroxylation is 2. The van der Waals surface area contributed by atoms with Gasteiger partial charge in [-0.1, -0.05) is 83.4 Å². The van der Waals surface area contributed by atoms with Gasteiger partial charge in [-0.2, -0.15) is 0 Å². The van der Waals surface area contributed by atoms with Crippen LogP contribution in [0.5, 0.6) is 5.75 Å². The minimum absolute atomic E-state index is 0.00630. The lowest BCUT2D eigenvalue weighted by molar-refractivity contribution is -0.140. The normalized spacial score (nSPS) is 12.2. The Morgan fingerprint density at radius 1 is 0.833 bits per heavy atom. The van der Waals surface area contributed by atoms with Crippen molar-refractivity contribution in [2.75, 3.05) is 18.0 Å². The predicted molar refractivity (Wildman–Crippen MR) is 192 cm³/mol. The molecule has 0 spiro atoms. The van der Waals surface area contributed by atoms with Gasteiger partial charge in [-0.3, -0.25) is 13.9 Å². The van der Waals surface area contributed by atoms with Crippen molar-refractivity contribution >= 4 is 50.7 Å². The molecule has 0 fully saturated rings. The van der Waals surface area contributed by atoms with E-state index in [2.05, 4.69) is 5.32 Å². The Labute approximate surface area is 293 Å². The number of sulfonamides is 1. The fourth-order valence-corrected chi connectivity index (χ4v) is 6.92. The summed E-state index contributed by atoms with van der Waals surface area (Å²) in [6.07, 6.45) is 0.175. The number of ether oxygens (including phenoxy) is 1. The molecule has 0 aliphatic carbocycles. The van der Waals surface area contributed by atoms with Crippen LogP contribution in [0.2, 0.25) is 10.0 Å². The Bertz CT molecular complexity index is 1860. The molecule has 0 aliphatic heterocycles. The van der Waals surface area contributed by atoms with Crippen molar-refractivity contribution in [3.8, 4) is 5.75 Å². The molecule has 0 saturated carbocycles. The van der Waals surface area contributed by atoms with E-state index >= 15 is 0 Å². The van der Waals surface area contributed by atoms with Gasteiger partial charge in [0.25, 0.3) is 10.0 Å². The first kappa shape index (κ1) is 36.8. The third-order valence-electron chi connectivity index (χ3n) is 7.60. The van der Waals surface area contributed by atoms with Gasteiger partial charge in [-0.15, -0.1) is 0 Å². The molecule has 0 aliphatic rings. The van der Waals surface area contributed by atoms with E-state index in [-0.39, 0.29) is 40.2 Å². The lowest BCUT2D eigenvalue weighted by atomic mass is 10.0. The molecule has 0 bridgehead atoms. The minimum atomic E-state index is -4.30. The van der Waals surface area contributed by atoms with Crippen molar-refractivity contribution in [3.63, 3.8) is 0 Å². The van der Waals surface area contributed by atoms with Gasteiger partial charge in [0.05, 0.1) is 27.7 Å². The average Bonchev–Trinajstić information content (AvgIpc) is 3.03. The average molecular weight is 711 g/mol. The summed E-state index contributed by atoms with van der Waals surface area (Å²) in [5.41, 5.74) is 2.66. The summed E-state index contributed by atoms with van der Waals surface area (Å²) in [5.74, 6) is -0.724. The fraction of sp³-hybridized carbons (Fsp3) is 0.297. The van der Waals surface area contributed by atoms with Crippen LogP contribution in [-0.4, -0.2) is 50.4 Å². The van der Waals surface area contributed by atoms with E-state index in [4.69, 9.17) is 27.9 Å². The van der Waals surface area contributed by atoms with Crippen LogP contribution < -0.4 is 14.4 Å². The van der Waals surface area contributed by atoms with Gasteiger partial charge in [0.1, 0.15) is 18.3 Å². The van der Waals surface area contributed by atoms with Crippen molar-refractivity contribution < 1.29 is 22.7 Å². The number of hydrogen-bond acceptors (Lipinski definition) is 5. The first-order valence-electron chi connectivity index (χ1n) is 15.4. The Morgan fingerprint density at radius 2 is 1.48 bits per heavy atom. The van der Waals surface area contributed by atoms with Gasteiger partial charge in [0.2, 0.25) is 11.8 Å². The molecule has 8 nitrogen and oxygen atoms in total. The molecule has 1 atom stereocenters. The molecule has 11 heteroatoms. The highest BCUT2D eigenvalue weighted by Crippen LogP contribution is 2.34. The van der Waals surface area contributed by atoms with E-state index in [9.17, 15) is 18.0 Å². The zero-order valence-electron chi connectivity index (χ0n) is 28.0. The van der Waals surface area contributed by atoms with E-state index in [1.165, 1.54) is 24.1 Å². The van der Waals surface area contributed by atoms with E-state index in [1.54, 1.807) is 48.5 Å². The first-order valence-corrected chi connectivity index (χ1v) is 17.6. The number of carbonyl (C=O) groups excluding carboxylic acids is 2. The Kier molecular flexibility index (Phi) is 11.8. The summed E-state index contributed by atoms with van der Waals surface area (Å²) in [6.45, 7) is 8.59. The lowest BCUT2D eigenvalue weighted by Crippen LogP contribution is -2.56. The Morgan fingerprint density at radius 3 is 2.08 bits per heavy atom. The first-order chi connectivity index (χ1) is 22.6. The fourth-order valence-electron chi connectivity index (χ4n) is 5.19. The maximum Gasteiger partial charge on any atom is 0.264 e. The highest BCUT2D eigenvalue weighted by Gasteiger charge is 2.36. The molecule has 4 aromatic carbocycles. The molecule has 254 valence electrons. The number of amides is 2. The van der Waals surface area contributed by atoms with E-state index in [1.807, 2.05) is 65.0 Å². The number of methoxy groups -OCH3 is 1. The van der Waals surface area contributed by atoms with Gasteiger partial charge in [0.15, 0.2) is 0 Å². The molecule has 4 aromatic rings. The number of nitrogens with one attached hydrogen (secondary N) is 1. The number of hydrogen-bond donors (Lipinski definition) is 1. The van der Waals surface area contributed by atoms with Crippen LogP contribution in [0.15, 0.2) is 95.9 Å². The maximum absolute atomic E-state index is 14.7. The third-order valence-corrected chi connectivity index (χ3v) is 10.1.